The molecule has 2 aromatic rings. The minimum Gasteiger partial charge on any atom is -0.495 e. The zero-order chi connectivity index (χ0) is 24.9. The van der Waals surface area contributed by atoms with Gasteiger partial charge in [0.15, 0.2) is 0 Å². The van der Waals surface area contributed by atoms with E-state index in [-0.39, 0.29) is 18.8 Å². The fourth-order valence-electron chi connectivity index (χ4n) is 4.70. The van der Waals surface area contributed by atoms with Crippen LogP contribution in [0.4, 0.5) is 25.0 Å². The lowest BCUT2D eigenvalue weighted by Crippen LogP contribution is -2.57. The van der Waals surface area contributed by atoms with Crippen LogP contribution in [0, 0.1) is 11.6 Å². The predicted molar refractivity (Wildman–Crippen MR) is 126 cm³/mol. The van der Waals surface area contributed by atoms with Crippen molar-refractivity contribution in [2.24, 2.45) is 0 Å². The van der Waals surface area contributed by atoms with Crippen molar-refractivity contribution < 1.29 is 33.3 Å². The number of piperazine rings is 1. The molecule has 0 saturated carbocycles. The lowest BCUT2D eigenvalue weighted by molar-refractivity contribution is -0.0205. The first kappa shape index (κ1) is 25.1. The van der Waals surface area contributed by atoms with E-state index in [1.54, 1.807) is 7.11 Å². The van der Waals surface area contributed by atoms with E-state index in [1.807, 2.05) is 24.3 Å². The van der Waals surface area contributed by atoms with Crippen molar-refractivity contribution in [2.75, 3.05) is 56.7 Å². The second kappa shape index (κ2) is 11.2. The standard InChI is InChI=1S/C24H30F2N4O5/c1-34-19-5-3-2-4-18(19)29-8-10-30(11-9-29)22-20(35-21(14-31)23(22)32)13-27-24(33)28-17-7-6-15(25)12-16(17)26/h2-7,12,20-23,31-32H,8-11,13-14H2,1H3,(H2,27,28,33). The number of para-hydroxylation sites is 2. The third-order valence-corrected chi connectivity index (χ3v) is 6.45. The van der Waals surface area contributed by atoms with Gasteiger partial charge in [0.2, 0.25) is 0 Å². The molecule has 2 amide bonds. The summed E-state index contributed by atoms with van der Waals surface area (Å²) in [4.78, 5) is 16.6. The number of hydrogen-bond donors (Lipinski definition) is 4. The molecule has 11 heteroatoms. The maximum Gasteiger partial charge on any atom is 0.319 e. The number of aliphatic hydroxyl groups excluding tert-OH is 2. The average Bonchev–Trinajstić information content (AvgIpc) is 3.19. The maximum atomic E-state index is 13.8. The summed E-state index contributed by atoms with van der Waals surface area (Å²) in [7, 11) is 1.63. The molecule has 4 unspecified atom stereocenters. The van der Waals surface area contributed by atoms with Crippen molar-refractivity contribution in [3.05, 3.63) is 54.1 Å². The van der Waals surface area contributed by atoms with E-state index >= 15 is 0 Å². The van der Waals surface area contributed by atoms with Crippen LogP contribution in [0.25, 0.3) is 0 Å². The van der Waals surface area contributed by atoms with Gasteiger partial charge in [-0.15, -0.1) is 0 Å². The van der Waals surface area contributed by atoms with Crippen LogP contribution in [0.5, 0.6) is 5.75 Å². The molecule has 2 aromatic carbocycles. The van der Waals surface area contributed by atoms with Gasteiger partial charge in [0.25, 0.3) is 0 Å². The Morgan fingerprint density at radius 3 is 2.57 bits per heavy atom. The highest BCUT2D eigenvalue weighted by Crippen LogP contribution is 2.31. The molecule has 4 N–H and O–H groups in total. The van der Waals surface area contributed by atoms with Gasteiger partial charge in [0.1, 0.15) is 29.6 Å². The fourth-order valence-corrected chi connectivity index (χ4v) is 4.70. The van der Waals surface area contributed by atoms with Crippen LogP contribution in [-0.4, -0.2) is 91.9 Å². The van der Waals surface area contributed by atoms with Crippen molar-refractivity contribution in [1.29, 1.82) is 0 Å². The Bertz CT molecular complexity index is 1020. The largest absolute Gasteiger partial charge is 0.495 e. The van der Waals surface area contributed by atoms with Gasteiger partial charge < -0.3 is 35.2 Å². The number of methoxy groups -OCH3 is 1. The summed E-state index contributed by atoms with van der Waals surface area (Å²) in [6.45, 7) is 2.31. The number of halogens is 2. The molecular weight excluding hydrogens is 462 g/mol. The Kier molecular flexibility index (Phi) is 8.01. The van der Waals surface area contributed by atoms with Gasteiger partial charge in [-0.05, 0) is 24.3 Å². The Morgan fingerprint density at radius 2 is 1.89 bits per heavy atom. The Hall–Kier alpha value is -2.99. The quantitative estimate of drug-likeness (QED) is 0.463. The van der Waals surface area contributed by atoms with Crippen LogP contribution in [-0.2, 0) is 4.74 Å². The monoisotopic (exact) mass is 492 g/mol. The number of benzene rings is 2. The van der Waals surface area contributed by atoms with Crippen LogP contribution < -0.4 is 20.3 Å². The van der Waals surface area contributed by atoms with Crippen molar-refractivity contribution in [1.82, 2.24) is 10.2 Å². The summed E-state index contributed by atoms with van der Waals surface area (Å²) < 4.78 is 38.2. The molecule has 190 valence electrons. The van der Waals surface area contributed by atoms with Crippen molar-refractivity contribution in [2.45, 2.75) is 24.4 Å². The Morgan fingerprint density at radius 1 is 1.14 bits per heavy atom. The minimum atomic E-state index is -0.942. The molecule has 2 aliphatic heterocycles. The molecule has 0 bridgehead atoms. The number of aliphatic hydroxyl groups is 2. The minimum absolute atomic E-state index is 0.0274. The third kappa shape index (κ3) is 5.64. The van der Waals surface area contributed by atoms with Gasteiger partial charge in [-0.3, -0.25) is 4.90 Å². The molecule has 2 saturated heterocycles. The number of carbonyl (C=O) groups is 1. The zero-order valence-electron chi connectivity index (χ0n) is 19.4. The molecule has 0 aromatic heterocycles. The van der Waals surface area contributed by atoms with Gasteiger partial charge in [-0.1, -0.05) is 12.1 Å². The van der Waals surface area contributed by atoms with E-state index in [2.05, 4.69) is 20.4 Å². The maximum absolute atomic E-state index is 13.8. The summed E-state index contributed by atoms with van der Waals surface area (Å²) in [5.41, 5.74) is 0.836. The summed E-state index contributed by atoms with van der Waals surface area (Å²) in [6, 6.07) is 9.49. The molecule has 0 aliphatic carbocycles. The number of nitrogens with zero attached hydrogens (tertiary/aromatic N) is 2. The van der Waals surface area contributed by atoms with Crippen LogP contribution in [0.15, 0.2) is 42.5 Å². The van der Waals surface area contributed by atoms with Gasteiger partial charge in [0, 0.05) is 38.8 Å². The number of urea groups is 1. The number of hydrogen-bond acceptors (Lipinski definition) is 7. The molecule has 4 atom stereocenters. The Balaban J connectivity index is 1.37. The second-order valence-electron chi connectivity index (χ2n) is 8.53. The number of rotatable bonds is 7. The summed E-state index contributed by atoms with van der Waals surface area (Å²) in [6.07, 6.45) is -2.32. The van der Waals surface area contributed by atoms with Gasteiger partial charge >= 0.3 is 6.03 Å². The van der Waals surface area contributed by atoms with Crippen molar-refractivity contribution in [3.63, 3.8) is 0 Å². The first-order chi connectivity index (χ1) is 16.9. The number of anilines is 2. The lowest BCUT2D eigenvalue weighted by Gasteiger charge is -2.41. The topological polar surface area (TPSA) is 107 Å². The summed E-state index contributed by atoms with van der Waals surface area (Å²) in [5.74, 6) is -0.847. The Labute approximate surface area is 202 Å². The van der Waals surface area contributed by atoms with E-state index in [4.69, 9.17) is 9.47 Å². The molecule has 2 heterocycles. The van der Waals surface area contributed by atoms with Gasteiger partial charge in [0.05, 0.1) is 37.2 Å². The van der Waals surface area contributed by atoms with E-state index < -0.39 is 42.0 Å². The van der Waals surface area contributed by atoms with Crippen molar-refractivity contribution in [3.8, 4) is 5.75 Å². The highest BCUT2D eigenvalue weighted by atomic mass is 19.1. The number of nitrogens with one attached hydrogen (secondary N) is 2. The third-order valence-electron chi connectivity index (χ3n) is 6.45. The molecule has 35 heavy (non-hydrogen) atoms. The first-order valence-electron chi connectivity index (χ1n) is 11.5. The van der Waals surface area contributed by atoms with E-state index in [0.29, 0.717) is 32.2 Å². The molecule has 2 aliphatic rings. The van der Waals surface area contributed by atoms with Crippen LogP contribution in [0.2, 0.25) is 0 Å². The average molecular weight is 493 g/mol. The number of amides is 2. The smallest absolute Gasteiger partial charge is 0.319 e. The van der Waals surface area contributed by atoms with Crippen molar-refractivity contribution >= 4 is 17.4 Å². The summed E-state index contributed by atoms with van der Waals surface area (Å²) in [5, 5.41) is 25.4. The predicted octanol–water partition coefficient (Wildman–Crippen LogP) is 1.41. The SMILES string of the molecule is COc1ccccc1N1CCN(C2C(CNC(=O)Nc3ccc(F)cc3F)OC(CO)C2O)CC1. The molecule has 0 radical (unpaired) electrons. The number of ether oxygens (including phenoxy) is 2. The van der Waals surface area contributed by atoms with Gasteiger partial charge in [-0.25, -0.2) is 13.6 Å². The number of carbonyl (C=O) groups excluding carboxylic acids is 1. The highest BCUT2D eigenvalue weighted by Gasteiger charge is 2.46. The van der Waals surface area contributed by atoms with E-state index in [9.17, 15) is 23.8 Å². The zero-order valence-corrected chi connectivity index (χ0v) is 19.4. The molecule has 4 rings (SSSR count). The van der Waals surface area contributed by atoms with E-state index in [0.717, 1.165) is 23.6 Å². The molecule has 9 nitrogen and oxygen atoms in total. The van der Waals surface area contributed by atoms with E-state index in [1.165, 1.54) is 0 Å². The molecule has 2 fully saturated rings. The summed E-state index contributed by atoms with van der Waals surface area (Å²) >= 11 is 0. The lowest BCUT2D eigenvalue weighted by atomic mass is 10.0. The highest BCUT2D eigenvalue weighted by molar-refractivity contribution is 5.89. The van der Waals surface area contributed by atoms with Crippen LogP contribution in [0.3, 0.4) is 0 Å². The second-order valence-corrected chi connectivity index (χ2v) is 8.53. The molecular formula is C24H30F2N4O5. The fraction of sp³-hybridized carbons (Fsp3) is 0.458. The van der Waals surface area contributed by atoms with Gasteiger partial charge in [-0.2, -0.15) is 0 Å². The first-order valence-corrected chi connectivity index (χ1v) is 11.5. The molecule has 0 spiro atoms. The van der Waals surface area contributed by atoms with Crippen LogP contribution in [0.1, 0.15) is 0 Å². The normalized spacial score (nSPS) is 24.9. The van der Waals surface area contributed by atoms with Crippen LogP contribution >= 0.6 is 0 Å².